The van der Waals surface area contributed by atoms with Crippen LogP contribution in [0.5, 0.6) is 0 Å². The molecule has 0 atom stereocenters. The fraction of sp³-hybridized carbons (Fsp3) is 0. The normalized spacial score (nSPS) is 11.2. The van der Waals surface area contributed by atoms with Crippen molar-refractivity contribution in [3.8, 4) is 17.1 Å². The van der Waals surface area contributed by atoms with E-state index in [1.165, 1.54) is 10.7 Å². The molecular weight excluding hydrogens is 288 g/mol. The van der Waals surface area contributed by atoms with Gasteiger partial charge in [-0.05, 0) is 24.3 Å². The molecule has 2 aromatic heterocycles. The first-order valence-electron chi connectivity index (χ1n) is 6.57. The van der Waals surface area contributed by atoms with Crippen molar-refractivity contribution in [2.75, 3.05) is 0 Å². The van der Waals surface area contributed by atoms with E-state index >= 15 is 0 Å². The van der Waals surface area contributed by atoms with E-state index in [1.54, 1.807) is 12.4 Å². The van der Waals surface area contributed by atoms with Gasteiger partial charge in [0, 0.05) is 12.3 Å². The summed E-state index contributed by atoms with van der Waals surface area (Å²) in [6.07, 6.45) is 3.21. The number of benzene rings is 2. The van der Waals surface area contributed by atoms with E-state index in [2.05, 4.69) is 10.1 Å². The molecule has 0 unspecified atom stereocenters. The zero-order valence-corrected chi connectivity index (χ0v) is 11.2. The second-order valence-electron chi connectivity index (χ2n) is 4.76. The number of halogens is 2. The van der Waals surface area contributed by atoms with Gasteiger partial charge in [0.2, 0.25) is 5.89 Å². The predicted octanol–water partition coefficient (Wildman–Crippen LogP) is 3.96. The minimum Gasteiger partial charge on any atom is -0.436 e. The molecule has 2 aromatic carbocycles. The Morgan fingerprint density at radius 2 is 1.86 bits per heavy atom. The van der Waals surface area contributed by atoms with E-state index in [4.69, 9.17) is 4.42 Å². The first-order chi connectivity index (χ1) is 10.7. The van der Waals surface area contributed by atoms with Crippen molar-refractivity contribution >= 4 is 11.1 Å². The molecule has 0 radical (unpaired) electrons. The summed E-state index contributed by atoms with van der Waals surface area (Å²) in [6.45, 7) is 0. The highest BCUT2D eigenvalue weighted by Gasteiger charge is 2.11. The van der Waals surface area contributed by atoms with Crippen LogP contribution in [0.4, 0.5) is 8.78 Å². The molecule has 4 nitrogen and oxygen atoms in total. The highest BCUT2D eigenvalue weighted by atomic mass is 19.2. The molecule has 0 N–H and O–H groups in total. The van der Waals surface area contributed by atoms with Crippen LogP contribution in [0.3, 0.4) is 0 Å². The number of para-hydroxylation sites is 2. The summed E-state index contributed by atoms with van der Waals surface area (Å²) in [6, 6.07) is 11.0. The van der Waals surface area contributed by atoms with Crippen LogP contribution in [0, 0.1) is 11.6 Å². The van der Waals surface area contributed by atoms with Crippen molar-refractivity contribution in [1.29, 1.82) is 0 Å². The molecule has 0 saturated carbocycles. The van der Waals surface area contributed by atoms with Crippen LogP contribution in [0.2, 0.25) is 0 Å². The maximum absolute atomic E-state index is 13.3. The van der Waals surface area contributed by atoms with Crippen molar-refractivity contribution in [2.45, 2.75) is 0 Å². The maximum Gasteiger partial charge on any atom is 0.230 e. The fourth-order valence-corrected chi connectivity index (χ4v) is 2.20. The molecule has 2 heterocycles. The summed E-state index contributed by atoms with van der Waals surface area (Å²) < 4.78 is 33.3. The molecule has 0 aliphatic carbocycles. The molecule has 0 saturated heterocycles. The van der Waals surface area contributed by atoms with Gasteiger partial charge < -0.3 is 4.42 Å². The van der Waals surface area contributed by atoms with E-state index in [9.17, 15) is 8.78 Å². The molecule has 108 valence electrons. The standard InChI is InChI=1S/C16H9F2N3O/c17-12-6-5-11(7-13(12)18)21-9-10(8-19-21)16-20-14-3-1-2-4-15(14)22-16/h1-9H. The van der Waals surface area contributed by atoms with E-state index in [0.717, 1.165) is 17.6 Å². The van der Waals surface area contributed by atoms with Crippen molar-refractivity contribution < 1.29 is 13.2 Å². The average molecular weight is 297 g/mol. The minimum absolute atomic E-state index is 0.418. The lowest BCUT2D eigenvalue weighted by molar-refractivity contribution is 0.507. The van der Waals surface area contributed by atoms with Crippen molar-refractivity contribution in [2.24, 2.45) is 0 Å². The van der Waals surface area contributed by atoms with Crippen LogP contribution in [0.25, 0.3) is 28.2 Å². The number of hydrogen-bond acceptors (Lipinski definition) is 3. The molecule has 0 bridgehead atoms. The average Bonchev–Trinajstić information content (AvgIpc) is 3.15. The summed E-state index contributed by atoms with van der Waals surface area (Å²) in [4.78, 5) is 4.37. The Labute approximate surface area is 123 Å². The largest absolute Gasteiger partial charge is 0.436 e. The van der Waals surface area contributed by atoms with Gasteiger partial charge >= 0.3 is 0 Å². The van der Waals surface area contributed by atoms with Gasteiger partial charge in [0.15, 0.2) is 17.2 Å². The molecule has 0 spiro atoms. The zero-order chi connectivity index (χ0) is 15.1. The molecule has 4 rings (SSSR count). The number of oxazole rings is 1. The van der Waals surface area contributed by atoms with Crippen LogP contribution in [0.1, 0.15) is 0 Å². The number of nitrogens with zero attached hydrogens (tertiary/aromatic N) is 3. The molecule has 4 aromatic rings. The Bertz CT molecular complexity index is 941. The molecule has 0 amide bonds. The minimum atomic E-state index is -0.920. The third kappa shape index (κ3) is 2.05. The molecule has 0 fully saturated rings. The van der Waals surface area contributed by atoms with E-state index in [-0.39, 0.29) is 0 Å². The lowest BCUT2D eigenvalue weighted by Crippen LogP contribution is -1.96. The number of aromatic nitrogens is 3. The van der Waals surface area contributed by atoms with Crippen molar-refractivity contribution in [1.82, 2.24) is 14.8 Å². The number of hydrogen-bond donors (Lipinski definition) is 0. The van der Waals surface area contributed by atoms with Gasteiger partial charge in [-0.25, -0.2) is 18.4 Å². The van der Waals surface area contributed by atoms with E-state index in [1.807, 2.05) is 24.3 Å². The molecular formula is C16H9F2N3O. The van der Waals surface area contributed by atoms with Gasteiger partial charge in [0.05, 0.1) is 17.4 Å². The lowest BCUT2D eigenvalue weighted by atomic mass is 10.3. The topological polar surface area (TPSA) is 43.9 Å². The third-order valence-corrected chi connectivity index (χ3v) is 3.29. The van der Waals surface area contributed by atoms with Gasteiger partial charge in [-0.3, -0.25) is 0 Å². The van der Waals surface area contributed by atoms with Crippen LogP contribution in [-0.2, 0) is 0 Å². The van der Waals surface area contributed by atoms with Crippen molar-refractivity contribution in [3.63, 3.8) is 0 Å². The number of fused-ring (bicyclic) bond motifs is 1. The summed E-state index contributed by atoms with van der Waals surface area (Å²) in [5, 5.41) is 4.13. The Morgan fingerprint density at radius 1 is 1.00 bits per heavy atom. The summed E-state index contributed by atoms with van der Waals surface area (Å²) in [7, 11) is 0. The van der Waals surface area contributed by atoms with E-state index < -0.39 is 11.6 Å². The SMILES string of the molecule is Fc1ccc(-n2cc(-c3nc4ccccc4o3)cn2)cc1F. The van der Waals surface area contributed by atoms with Gasteiger partial charge in [0.25, 0.3) is 0 Å². The molecule has 0 aliphatic heterocycles. The molecule has 0 aliphatic rings. The van der Waals surface area contributed by atoms with E-state index in [0.29, 0.717) is 22.7 Å². The Balaban J connectivity index is 1.75. The first kappa shape index (κ1) is 12.7. The summed E-state index contributed by atoms with van der Waals surface area (Å²) in [5.74, 6) is -1.39. The third-order valence-electron chi connectivity index (χ3n) is 3.29. The second kappa shape index (κ2) is 4.77. The van der Waals surface area contributed by atoms with Crippen molar-refractivity contribution in [3.05, 3.63) is 66.5 Å². The van der Waals surface area contributed by atoms with Gasteiger partial charge in [-0.2, -0.15) is 5.10 Å². The van der Waals surface area contributed by atoms with Gasteiger partial charge in [-0.1, -0.05) is 12.1 Å². The van der Waals surface area contributed by atoms with Gasteiger partial charge in [0.1, 0.15) is 5.52 Å². The summed E-state index contributed by atoms with van der Waals surface area (Å²) >= 11 is 0. The highest BCUT2D eigenvalue weighted by molar-refractivity contribution is 5.75. The Hall–Kier alpha value is -3.02. The van der Waals surface area contributed by atoms with Gasteiger partial charge in [-0.15, -0.1) is 0 Å². The smallest absolute Gasteiger partial charge is 0.230 e. The highest BCUT2D eigenvalue weighted by Crippen LogP contribution is 2.24. The van der Waals surface area contributed by atoms with Crippen LogP contribution < -0.4 is 0 Å². The first-order valence-corrected chi connectivity index (χ1v) is 6.57. The quantitative estimate of drug-likeness (QED) is 0.562. The zero-order valence-electron chi connectivity index (χ0n) is 11.2. The monoisotopic (exact) mass is 297 g/mol. The Kier molecular flexibility index (Phi) is 2.75. The predicted molar refractivity (Wildman–Crippen MR) is 76.5 cm³/mol. The van der Waals surface area contributed by atoms with Crippen LogP contribution >= 0.6 is 0 Å². The molecule has 6 heteroatoms. The number of rotatable bonds is 2. The molecule has 22 heavy (non-hydrogen) atoms. The second-order valence-corrected chi connectivity index (χ2v) is 4.76. The maximum atomic E-state index is 13.3. The Morgan fingerprint density at radius 3 is 2.68 bits per heavy atom. The van der Waals surface area contributed by atoms with Crippen LogP contribution in [0.15, 0.2) is 59.3 Å². The summed E-state index contributed by atoms with van der Waals surface area (Å²) in [5.41, 5.74) is 2.50. The van der Waals surface area contributed by atoms with Crippen LogP contribution in [-0.4, -0.2) is 14.8 Å². The lowest BCUT2D eigenvalue weighted by Gasteiger charge is -2.01. The fourth-order valence-electron chi connectivity index (χ4n) is 2.20.